The third kappa shape index (κ3) is 1.82. The molecule has 1 N–H and O–H groups in total. The van der Waals surface area contributed by atoms with Crippen LogP contribution in [0.15, 0.2) is 35.3 Å². The molecule has 0 spiro atoms. The molecule has 3 heterocycles. The summed E-state index contributed by atoms with van der Waals surface area (Å²) in [6, 6.07) is 7.57. The Balaban J connectivity index is 0.00000121. The van der Waals surface area contributed by atoms with Gasteiger partial charge in [0.1, 0.15) is 0 Å². The Morgan fingerprint density at radius 1 is 1.25 bits per heavy atom. The number of nitrogens with one attached hydrogen (secondary N) is 1. The standard InChI is InChI=1S/C14H12N4O.ClH/c19-14-9-4-3-6-10(9)16-13-8-12(17-18(13)14)11-5-1-2-7-15-11;/h1-2,5,7-8,17H,3-4,6H2;1H. The van der Waals surface area contributed by atoms with Gasteiger partial charge in [0, 0.05) is 17.8 Å². The first-order chi connectivity index (χ1) is 9.33. The zero-order valence-electron chi connectivity index (χ0n) is 10.7. The molecule has 0 aromatic carbocycles. The first kappa shape index (κ1) is 12.9. The number of hydrogen-bond acceptors (Lipinski definition) is 3. The summed E-state index contributed by atoms with van der Waals surface area (Å²) in [5.74, 6) is 0. The van der Waals surface area contributed by atoms with Crippen LogP contribution in [0.4, 0.5) is 0 Å². The maximum absolute atomic E-state index is 12.3. The molecule has 3 aromatic heterocycles. The van der Waals surface area contributed by atoms with E-state index in [4.69, 9.17) is 0 Å². The second-order valence-electron chi connectivity index (χ2n) is 4.77. The van der Waals surface area contributed by atoms with Gasteiger partial charge in [-0.2, -0.15) is 0 Å². The highest BCUT2D eigenvalue weighted by atomic mass is 35.5. The van der Waals surface area contributed by atoms with Crippen molar-refractivity contribution in [1.29, 1.82) is 0 Å². The second-order valence-corrected chi connectivity index (χ2v) is 4.77. The Bertz CT molecular complexity index is 822. The number of rotatable bonds is 1. The minimum Gasteiger partial charge on any atom is -0.287 e. The van der Waals surface area contributed by atoms with Crippen molar-refractivity contribution in [3.05, 3.63) is 52.1 Å². The number of nitrogens with zero attached hydrogens (tertiary/aromatic N) is 3. The average Bonchev–Trinajstić information content (AvgIpc) is 3.06. The average molecular weight is 289 g/mol. The van der Waals surface area contributed by atoms with Crippen molar-refractivity contribution in [2.75, 3.05) is 0 Å². The second kappa shape index (κ2) is 4.76. The molecule has 1 aliphatic rings. The molecule has 4 rings (SSSR count). The van der Waals surface area contributed by atoms with Crippen LogP contribution in [0.1, 0.15) is 17.7 Å². The summed E-state index contributed by atoms with van der Waals surface area (Å²) in [7, 11) is 0. The van der Waals surface area contributed by atoms with Gasteiger partial charge in [-0.05, 0) is 31.4 Å². The first-order valence-corrected chi connectivity index (χ1v) is 6.38. The molecule has 3 aromatic rings. The molecule has 0 atom stereocenters. The van der Waals surface area contributed by atoms with Gasteiger partial charge in [-0.25, -0.2) is 9.50 Å². The van der Waals surface area contributed by atoms with Gasteiger partial charge in [0.2, 0.25) is 0 Å². The zero-order valence-corrected chi connectivity index (χ0v) is 11.5. The lowest BCUT2D eigenvalue weighted by Crippen LogP contribution is -2.19. The SMILES string of the molecule is Cl.O=c1c2c(nc3cc(-c4ccccn4)[nH]n13)CCC2. The fourth-order valence-corrected chi connectivity index (χ4v) is 2.65. The Kier molecular flexibility index (Phi) is 3.06. The molecule has 20 heavy (non-hydrogen) atoms. The van der Waals surface area contributed by atoms with Gasteiger partial charge in [-0.15, -0.1) is 12.4 Å². The van der Waals surface area contributed by atoms with Crippen LogP contribution in [-0.2, 0) is 12.8 Å². The van der Waals surface area contributed by atoms with E-state index < -0.39 is 0 Å². The number of halogens is 1. The molecule has 0 aliphatic heterocycles. The Morgan fingerprint density at radius 2 is 2.15 bits per heavy atom. The minimum absolute atomic E-state index is 0. The molecule has 5 nitrogen and oxygen atoms in total. The largest absolute Gasteiger partial charge is 0.287 e. The van der Waals surface area contributed by atoms with Gasteiger partial charge in [-0.1, -0.05) is 6.07 Å². The maximum atomic E-state index is 12.3. The highest BCUT2D eigenvalue weighted by Gasteiger charge is 2.19. The van der Waals surface area contributed by atoms with Crippen molar-refractivity contribution in [1.82, 2.24) is 19.6 Å². The van der Waals surface area contributed by atoms with Crippen LogP contribution < -0.4 is 5.56 Å². The monoisotopic (exact) mass is 288 g/mol. The molecule has 0 radical (unpaired) electrons. The number of pyridine rings is 1. The third-order valence-electron chi connectivity index (χ3n) is 3.58. The van der Waals surface area contributed by atoms with E-state index >= 15 is 0 Å². The van der Waals surface area contributed by atoms with E-state index in [1.165, 1.54) is 4.52 Å². The summed E-state index contributed by atoms with van der Waals surface area (Å²) < 4.78 is 1.52. The lowest BCUT2D eigenvalue weighted by atomic mass is 10.2. The van der Waals surface area contributed by atoms with E-state index in [-0.39, 0.29) is 18.0 Å². The number of hydrogen-bond donors (Lipinski definition) is 1. The van der Waals surface area contributed by atoms with E-state index in [2.05, 4.69) is 15.1 Å². The minimum atomic E-state index is 0. The third-order valence-corrected chi connectivity index (χ3v) is 3.58. The van der Waals surface area contributed by atoms with Crippen LogP contribution in [0.5, 0.6) is 0 Å². The van der Waals surface area contributed by atoms with E-state index in [0.29, 0.717) is 5.65 Å². The molecule has 0 unspecified atom stereocenters. The molecule has 0 amide bonds. The van der Waals surface area contributed by atoms with Gasteiger partial charge < -0.3 is 0 Å². The summed E-state index contributed by atoms with van der Waals surface area (Å²) in [4.78, 5) is 21.2. The zero-order chi connectivity index (χ0) is 12.8. The normalized spacial score (nSPS) is 13.2. The molecule has 0 fully saturated rings. The molecule has 1 aliphatic carbocycles. The molecule has 6 heteroatoms. The molecule has 0 bridgehead atoms. The molecular weight excluding hydrogens is 276 g/mol. The summed E-state index contributed by atoms with van der Waals surface area (Å²) >= 11 is 0. The number of aryl methyl sites for hydroxylation is 1. The molecular formula is C14H13ClN4O. The maximum Gasteiger partial charge on any atom is 0.276 e. The van der Waals surface area contributed by atoms with Crippen LogP contribution in [0.2, 0.25) is 0 Å². The number of fused-ring (bicyclic) bond motifs is 2. The van der Waals surface area contributed by atoms with Crippen LogP contribution in [0, 0.1) is 0 Å². The highest BCUT2D eigenvalue weighted by molar-refractivity contribution is 5.85. The molecule has 0 saturated carbocycles. The lowest BCUT2D eigenvalue weighted by molar-refractivity contribution is 0.871. The van der Waals surface area contributed by atoms with E-state index in [1.807, 2.05) is 24.3 Å². The Hall–Kier alpha value is -2.14. The fraction of sp³-hybridized carbons (Fsp3) is 0.214. The summed E-state index contributed by atoms with van der Waals surface area (Å²) in [5, 5.41) is 3.09. The van der Waals surface area contributed by atoms with E-state index in [1.54, 1.807) is 6.20 Å². The molecule has 102 valence electrons. The van der Waals surface area contributed by atoms with Crippen molar-refractivity contribution in [3.63, 3.8) is 0 Å². The number of H-pyrrole nitrogens is 1. The smallest absolute Gasteiger partial charge is 0.276 e. The highest BCUT2D eigenvalue weighted by Crippen LogP contribution is 2.20. The van der Waals surface area contributed by atoms with Crippen molar-refractivity contribution in [2.45, 2.75) is 19.3 Å². The number of aromatic amines is 1. The predicted octanol–water partition coefficient (Wildman–Crippen LogP) is 2.00. The quantitative estimate of drug-likeness (QED) is 0.745. The molecule has 0 saturated heterocycles. The Labute approximate surface area is 121 Å². The predicted molar refractivity (Wildman–Crippen MR) is 78.3 cm³/mol. The van der Waals surface area contributed by atoms with Gasteiger partial charge in [0.15, 0.2) is 5.65 Å². The summed E-state index contributed by atoms with van der Waals surface area (Å²) in [5.41, 5.74) is 4.14. The van der Waals surface area contributed by atoms with Crippen LogP contribution in [-0.4, -0.2) is 19.6 Å². The van der Waals surface area contributed by atoms with Gasteiger partial charge in [-0.3, -0.25) is 14.9 Å². The first-order valence-electron chi connectivity index (χ1n) is 6.38. The Morgan fingerprint density at radius 3 is 2.95 bits per heavy atom. The van der Waals surface area contributed by atoms with Crippen LogP contribution in [0.25, 0.3) is 17.0 Å². The van der Waals surface area contributed by atoms with Gasteiger partial charge in [0.05, 0.1) is 17.1 Å². The van der Waals surface area contributed by atoms with E-state index in [9.17, 15) is 4.79 Å². The fourth-order valence-electron chi connectivity index (χ4n) is 2.65. The van der Waals surface area contributed by atoms with E-state index in [0.717, 1.165) is 41.9 Å². The lowest BCUT2D eigenvalue weighted by Gasteiger charge is -1.98. The number of aromatic nitrogens is 4. The summed E-state index contributed by atoms with van der Waals surface area (Å²) in [6.07, 6.45) is 4.50. The topological polar surface area (TPSA) is 63.0 Å². The van der Waals surface area contributed by atoms with Gasteiger partial charge in [0.25, 0.3) is 5.56 Å². The van der Waals surface area contributed by atoms with Crippen LogP contribution in [0.3, 0.4) is 0 Å². The van der Waals surface area contributed by atoms with Gasteiger partial charge >= 0.3 is 0 Å². The van der Waals surface area contributed by atoms with Crippen LogP contribution >= 0.6 is 12.4 Å². The van der Waals surface area contributed by atoms with Crippen molar-refractivity contribution in [3.8, 4) is 11.4 Å². The van der Waals surface area contributed by atoms with Crippen molar-refractivity contribution < 1.29 is 0 Å². The van der Waals surface area contributed by atoms with Crippen molar-refractivity contribution in [2.24, 2.45) is 0 Å². The summed E-state index contributed by atoms with van der Waals surface area (Å²) in [6.45, 7) is 0. The van der Waals surface area contributed by atoms with Crippen molar-refractivity contribution >= 4 is 18.1 Å².